The van der Waals surface area contributed by atoms with Gasteiger partial charge in [-0.3, -0.25) is 0 Å². The number of hydrogen-bond acceptors (Lipinski definition) is 2. The first kappa shape index (κ1) is 32.7. The van der Waals surface area contributed by atoms with Crippen molar-refractivity contribution in [1.29, 1.82) is 0 Å². The van der Waals surface area contributed by atoms with E-state index in [-0.39, 0.29) is 19.6 Å². The molecule has 0 unspecified atom stereocenters. The maximum absolute atomic E-state index is 8.33. The number of aliphatic hydroxyl groups is 1. The zero-order valence-corrected chi connectivity index (χ0v) is 24.0. The molecule has 0 aromatic heterocycles. The van der Waals surface area contributed by atoms with Crippen LogP contribution in [0, 0.1) is 7.43 Å². The standard InChI is InChI=1S/C13H9.C5H14O2Si.C4H10N.CH3.CH2.2ClH.Ti/c1-3-7-12-10(5-1)9-11-6-2-4-8-13(11)12;1-8(2,3)7-5-4-6;1-4(2,3)5;;;;;/h1-9H;6H,4-5H2,1-3H3;5H,1-3H3;1H3;1H2;2*1H;/q-1;;2*-1;;;;+2/p-2. The smallest absolute Gasteiger partial charge is 0.0771 e. The number of hydrogen-bond donors (Lipinski definition) is 1. The third kappa shape index (κ3) is 18.8. The number of rotatable bonds is 3. The molecule has 0 atom stereocenters. The number of aliphatic hydroxyl groups excluding tert-OH is 1. The van der Waals surface area contributed by atoms with Gasteiger partial charge in [-0.1, -0.05) is 57.2 Å². The zero-order valence-electron chi connectivity index (χ0n) is 19.9. The first-order chi connectivity index (χ1) is 13.7. The van der Waals surface area contributed by atoms with Crippen molar-refractivity contribution >= 4 is 53.3 Å². The van der Waals surface area contributed by atoms with Gasteiger partial charge >= 0.3 is 38.7 Å². The average Bonchev–Trinajstić information content (AvgIpc) is 2.97. The van der Waals surface area contributed by atoms with E-state index in [9.17, 15) is 0 Å². The fourth-order valence-corrected chi connectivity index (χ4v) is 2.96. The summed E-state index contributed by atoms with van der Waals surface area (Å²) in [5.74, 6) is 0. The molecule has 7 heteroatoms. The molecule has 2 N–H and O–H groups in total. The van der Waals surface area contributed by atoms with Crippen molar-refractivity contribution in [3.63, 3.8) is 0 Å². The molecular weight excluding hydrogens is 481 g/mol. The Bertz CT molecular complexity index is 826. The summed E-state index contributed by atoms with van der Waals surface area (Å²) < 4.78 is 5.27. The van der Waals surface area contributed by atoms with E-state index < -0.39 is 23.6 Å². The predicted octanol–water partition coefficient (Wildman–Crippen LogP) is 8.17. The minimum atomic E-state index is -1.64. The first-order valence-corrected chi connectivity index (χ1v) is 18.6. The Kier molecular flexibility index (Phi) is 17.1. The minimum absolute atomic E-state index is 0. The molecule has 0 saturated carbocycles. The molecule has 0 spiro atoms. The van der Waals surface area contributed by atoms with Gasteiger partial charge in [-0.2, -0.15) is 0 Å². The second kappa shape index (κ2) is 16.2. The molecule has 3 aromatic rings. The summed E-state index contributed by atoms with van der Waals surface area (Å²) in [5.41, 5.74) is 6.69. The molecular formula is C24H38Cl2NO2SiTi-3. The van der Waals surface area contributed by atoms with Gasteiger partial charge in [0.2, 0.25) is 0 Å². The number of halogens is 2. The van der Waals surface area contributed by atoms with Crippen molar-refractivity contribution in [2.45, 2.75) is 46.0 Å². The first-order valence-electron chi connectivity index (χ1n) is 9.77. The summed E-state index contributed by atoms with van der Waals surface area (Å²) in [5, 5.41) is 13.7. The molecule has 0 fully saturated rings. The van der Waals surface area contributed by atoms with Crippen molar-refractivity contribution in [3.05, 3.63) is 67.8 Å². The number of nitrogens with one attached hydrogen (secondary N) is 1. The summed E-state index contributed by atoms with van der Waals surface area (Å²) in [6.45, 7) is 12.5. The van der Waals surface area contributed by atoms with E-state index in [1.54, 1.807) is 0 Å². The molecule has 0 heterocycles. The van der Waals surface area contributed by atoms with Gasteiger partial charge < -0.3 is 22.7 Å². The Morgan fingerprint density at radius 1 is 1.00 bits per heavy atom. The van der Waals surface area contributed by atoms with E-state index >= 15 is 0 Å². The van der Waals surface area contributed by atoms with Crippen LogP contribution in [0.4, 0.5) is 0 Å². The van der Waals surface area contributed by atoms with Crippen molar-refractivity contribution in [2.75, 3.05) is 13.2 Å². The summed E-state index contributed by atoms with van der Waals surface area (Å²) in [4.78, 5) is 3.34. The van der Waals surface area contributed by atoms with Gasteiger partial charge in [0.05, 0.1) is 13.2 Å². The Hall–Kier alpha value is -0.429. The fraction of sp³-hybridized carbons (Fsp3) is 0.375. The molecule has 3 rings (SSSR count). The van der Waals surface area contributed by atoms with Crippen LogP contribution >= 0.6 is 18.6 Å². The summed E-state index contributed by atoms with van der Waals surface area (Å²) in [7, 11) is 8.85. The molecule has 31 heavy (non-hydrogen) atoms. The van der Waals surface area contributed by atoms with E-state index in [4.69, 9.17) is 33.9 Å². The van der Waals surface area contributed by atoms with Crippen LogP contribution in [0.25, 0.3) is 27.3 Å². The van der Waals surface area contributed by atoms with Crippen LogP contribution in [0.2, 0.25) is 19.6 Å². The summed E-state index contributed by atoms with van der Waals surface area (Å²) in [6.07, 6.45) is 0. The van der Waals surface area contributed by atoms with E-state index in [1.165, 1.54) is 21.5 Å². The molecule has 3 nitrogen and oxygen atoms in total. The SMILES string of the molecule is CC(C)(C)[NH-].C[Si](C)(C)OCCO.[CH2]=[Ti]([Cl])[Cl].[CH3-].c1ccc2c(c1)[cH-]c1ccccc12. The zero-order chi connectivity index (χ0) is 23.4. The molecule has 0 aliphatic rings. The van der Waals surface area contributed by atoms with Crippen molar-refractivity contribution < 1.29 is 24.8 Å². The van der Waals surface area contributed by atoms with Gasteiger partial charge in [-0.05, 0) is 19.6 Å². The van der Waals surface area contributed by atoms with Crippen LogP contribution < -0.4 is 0 Å². The molecule has 0 aliphatic carbocycles. The molecule has 0 amide bonds. The Morgan fingerprint density at radius 3 is 1.58 bits per heavy atom. The largest absolute Gasteiger partial charge is 0.358 e. The van der Waals surface area contributed by atoms with Crippen LogP contribution in [0.5, 0.6) is 0 Å². The van der Waals surface area contributed by atoms with E-state index in [2.05, 4.69) is 79.1 Å². The normalized spacial score (nSPS) is 10.5. The second-order valence-electron chi connectivity index (χ2n) is 8.59. The minimum Gasteiger partial charge on any atom is -0.358 e. The molecule has 0 bridgehead atoms. The maximum Gasteiger partial charge on any atom is -0.0771 e. The van der Waals surface area contributed by atoms with E-state index in [0.717, 1.165) is 0 Å². The molecule has 176 valence electrons. The quantitative estimate of drug-likeness (QED) is 0.280. The Labute approximate surface area is 204 Å². The van der Waals surface area contributed by atoms with Crippen LogP contribution in [0.3, 0.4) is 0 Å². The Balaban J connectivity index is 0. The van der Waals surface area contributed by atoms with Crippen molar-refractivity contribution in [1.82, 2.24) is 0 Å². The molecule has 0 radical (unpaired) electrons. The van der Waals surface area contributed by atoms with Gasteiger partial charge in [0.25, 0.3) is 0 Å². The van der Waals surface area contributed by atoms with E-state index in [1.807, 2.05) is 20.8 Å². The van der Waals surface area contributed by atoms with Gasteiger partial charge in [0, 0.05) is 0 Å². The summed E-state index contributed by atoms with van der Waals surface area (Å²) in [6, 6.07) is 19.3. The molecule has 0 aliphatic heterocycles. The summed E-state index contributed by atoms with van der Waals surface area (Å²) >= 11 is -1.64. The Morgan fingerprint density at radius 2 is 1.32 bits per heavy atom. The third-order valence-corrected chi connectivity index (χ3v) is 4.22. The number of fused-ring (bicyclic) bond motifs is 3. The third-order valence-electron chi connectivity index (χ3n) is 3.15. The fourth-order valence-electron chi connectivity index (χ4n) is 2.26. The van der Waals surface area contributed by atoms with Crippen LogP contribution in [-0.2, 0) is 19.7 Å². The predicted molar refractivity (Wildman–Crippen MR) is 143 cm³/mol. The topological polar surface area (TPSA) is 53.3 Å². The van der Waals surface area contributed by atoms with Gasteiger partial charge in [-0.15, -0.1) is 45.3 Å². The van der Waals surface area contributed by atoms with Gasteiger partial charge in [-0.25, -0.2) is 0 Å². The van der Waals surface area contributed by atoms with E-state index in [0.29, 0.717) is 6.61 Å². The maximum atomic E-state index is 8.33. The molecule has 3 aromatic carbocycles. The van der Waals surface area contributed by atoms with Crippen LogP contribution in [-0.4, -0.2) is 37.0 Å². The van der Waals surface area contributed by atoms with Crippen LogP contribution in [0.15, 0.2) is 54.6 Å². The van der Waals surface area contributed by atoms with Gasteiger partial charge in [0.1, 0.15) is 0 Å². The second-order valence-corrected chi connectivity index (χ2v) is 18.7. The van der Waals surface area contributed by atoms with Crippen molar-refractivity contribution in [2.24, 2.45) is 0 Å². The average molecular weight is 519 g/mol. The number of benzene rings is 2. The van der Waals surface area contributed by atoms with Crippen molar-refractivity contribution in [3.8, 4) is 0 Å². The molecule has 0 saturated heterocycles. The van der Waals surface area contributed by atoms with Gasteiger partial charge in [0.15, 0.2) is 8.32 Å². The monoisotopic (exact) mass is 518 g/mol. The van der Waals surface area contributed by atoms with Crippen LogP contribution in [0.1, 0.15) is 20.8 Å².